The SMILES string of the molecule is CCCCCCCCC=CCCCCCCCCOCC(O)COCCCCCCCCC=CCCCCCCCC. The molecule has 0 aromatic heterocycles. The minimum atomic E-state index is -0.492. The lowest BCUT2D eigenvalue weighted by atomic mass is 10.1. The topological polar surface area (TPSA) is 38.7 Å². The van der Waals surface area contributed by atoms with Gasteiger partial charge in [0.15, 0.2) is 0 Å². The number of aliphatic hydroxyl groups is 1. The third kappa shape index (κ3) is 37.4. The number of hydrogen-bond acceptors (Lipinski definition) is 3. The van der Waals surface area contributed by atoms with Gasteiger partial charge in [0, 0.05) is 13.2 Å². The zero-order valence-corrected chi connectivity index (χ0v) is 28.8. The standard InChI is InChI=1S/C39H76O3/c1-3-5-7-9-11-13-15-17-19-21-23-25-27-29-31-33-35-41-37-39(40)38-42-36-34-32-30-28-26-24-22-20-18-16-14-12-10-8-6-4-2/h17-20,39-40H,3-16,21-38H2,1-2H3. The van der Waals surface area contributed by atoms with Crippen LogP contribution in [0.5, 0.6) is 0 Å². The predicted octanol–water partition coefficient (Wildman–Crippen LogP) is 12.5. The van der Waals surface area contributed by atoms with Crippen LogP contribution in [0.2, 0.25) is 0 Å². The molecule has 0 saturated carbocycles. The molecule has 250 valence electrons. The largest absolute Gasteiger partial charge is 0.388 e. The van der Waals surface area contributed by atoms with Gasteiger partial charge in [0.25, 0.3) is 0 Å². The van der Waals surface area contributed by atoms with Crippen molar-refractivity contribution in [1.29, 1.82) is 0 Å². The summed E-state index contributed by atoms with van der Waals surface area (Å²) in [5, 5.41) is 10.1. The van der Waals surface area contributed by atoms with Gasteiger partial charge in [-0.2, -0.15) is 0 Å². The fourth-order valence-corrected chi connectivity index (χ4v) is 5.39. The Labute approximate surface area is 264 Å². The summed E-state index contributed by atoms with van der Waals surface area (Å²) in [5.41, 5.74) is 0. The Morgan fingerprint density at radius 1 is 0.381 bits per heavy atom. The zero-order valence-electron chi connectivity index (χ0n) is 28.8. The molecule has 0 rings (SSSR count). The highest BCUT2D eigenvalue weighted by atomic mass is 16.5. The summed E-state index contributed by atoms with van der Waals surface area (Å²) in [6.07, 6.45) is 46.1. The van der Waals surface area contributed by atoms with Gasteiger partial charge in [0.2, 0.25) is 0 Å². The second-order valence-corrected chi connectivity index (χ2v) is 12.7. The Hall–Kier alpha value is -0.640. The normalized spacial score (nSPS) is 12.7. The Kier molecular flexibility index (Phi) is 37.8. The van der Waals surface area contributed by atoms with Gasteiger partial charge in [-0.1, -0.05) is 154 Å². The molecular formula is C39H76O3. The molecule has 3 heteroatoms. The average Bonchev–Trinajstić information content (AvgIpc) is 3.00. The summed E-state index contributed by atoms with van der Waals surface area (Å²) >= 11 is 0. The second kappa shape index (κ2) is 38.4. The summed E-state index contributed by atoms with van der Waals surface area (Å²) in [7, 11) is 0. The van der Waals surface area contributed by atoms with Crippen LogP contribution in [0.4, 0.5) is 0 Å². The molecule has 1 N–H and O–H groups in total. The van der Waals surface area contributed by atoms with Crippen LogP contribution >= 0.6 is 0 Å². The molecule has 0 spiro atoms. The van der Waals surface area contributed by atoms with E-state index in [4.69, 9.17) is 9.47 Å². The van der Waals surface area contributed by atoms with Gasteiger partial charge in [-0.25, -0.2) is 0 Å². The number of allylic oxidation sites excluding steroid dienone is 4. The van der Waals surface area contributed by atoms with Gasteiger partial charge in [0.05, 0.1) is 13.2 Å². The number of aliphatic hydroxyl groups excluding tert-OH is 1. The van der Waals surface area contributed by atoms with Crippen LogP contribution in [0.15, 0.2) is 24.3 Å². The van der Waals surface area contributed by atoms with E-state index in [1.807, 2.05) is 0 Å². The van der Waals surface area contributed by atoms with E-state index in [2.05, 4.69) is 38.2 Å². The van der Waals surface area contributed by atoms with Crippen LogP contribution in [0.3, 0.4) is 0 Å². The highest BCUT2D eigenvalue weighted by Gasteiger charge is 2.04. The molecule has 42 heavy (non-hydrogen) atoms. The van der Waals surface area contributed by atoms with Gasteiger partial charge < -0.3 is 14.6 Å². The van der Waals surface area contributed by atoms with Crippen molar-refractivity contribution in [1.82, 2.24) is 0 Å². The second-order valence-electron chi connectivity index (χ2n) is 12.7. The van der Waals surface area contributed by atoms with Crippen molar-refractivity contribution >= 4 is 0 Å². The molecule has 0 atom stereocenters. The molecule has 0 heterocycles. The lowest BCUT2D eigenvalue weighted by Gasteiger charge is -2.12. The number of rotatable bonds is 36. The molecule has 0 aliphatic rings. The fourth-order valence-electron chi connectivity index (χ4n) is 5.39. The molecule has 0 aromatic rings. The summed E-state index contributed by atoms with van der Waals surface area (Å²) in [6.45, 7) is 6.88. The van der Waals surface area contributed by atoms with Crippen molar-refractivity contribution in [2.75, 3.05) is 26.4 Å². The van der Waals surface area contributed by atoms with Crippen molar-refractivity contribution < 1.29 is 14.6 Å². The molecule has 0 bridgehead atoms. The first-order valence-corrected chi connectivity index (χ1v) is 18.9. The van der Waals surface area contributed by atoms with Crippen LogP contribution in [0.25, 0.3) is 0 Å². The van der Waals surface area contributed by atoms with Crippen LogP contribution in [0, 0.1) is 0 Å². The first kappa shape index (κ1) is 41.4. The predicted molar refractivity (Wildman–Crippen MR) is 187 cm³/mol. The third-order valence-electron chi connectivity index (χ3n) is 8.22. The Morgan fingerprint density at radius 3 is 0.952 bits per heavy atom. The molecular weight excluding hydrogens is 516 g/mol. The maximum absolute atomic E-state index is 10.1. The lowest BCUT2D eigenvalue weighted by Crippen LogP contribution is -2.22. The molecule has 0 amide bonds. The zero-order chi connectivity index (χ0) is 30.4. The maximum atomic E-state index is 10.1. The van der Waals surface area contributed by atoms with Gasteiger partial charge >= 0.3 is 0 Å². The van der Waals surface area contributed by atoms with E-state index < -0.39 is 6.10 Å². The molecule has 3 nitrogen and oxygen atoms in total. The first-order valence-electron chi connectivity index (χ1n) is 18.9. The van der Waals surface area contributed by atoms with E-state index in [1.54, 1.807) is 0 Å². The first-order chi connectivity index (χ1) is 20.8. The Balaban J connectivity index is 3.21. The summed E-state index contributed by atoms with van der Waals surface area (Å²) in [5.74, 6) is 0. The van der Waals surface area contributed by atoms with Gasteiger partial charge in [-0.05, 0) is 64.2 Å². The molecule has 0 saturated heterocycles. The van der Waals surface area contributed by atoms with Crippen molar-refractivity contribution in [3.8, 4) is 0 Å². The number of hydrogen-bond donors (Lipinski definition) is 1. The molecule has 0 radical (unpaired) electrons. The number of ether oxygens (including phenoxy) is 2. The van der Waals surface area contributed by atoms with E-state index in [1.165, 1.54) is 167 Å². The van der Waals surface area contributed by atoms with E-state index >= 15 is 0 Å². The molecule has 0 unspecified atom stereocenters. The van der Waals surface area contributed by atoms with E-state index in [0.29, 0.717) is 13.2 Å². The summed E-state index contributed by atoms with van der Waals surface area (Å²) < 4.78 is 11.3. The fraction of sp³-hybridized carbons (Fsp3) is 0.897. The van der Waals surface area contributed by atoms with Crippen molar-refractivity contribution in [2.45, 2.75) is 200 Å². The van der Waals surface area contributed by atoms with E-state index in [9.17, 15) is 5.11 Å². The molecule has 0 aliphatic carbocycles. The summed E-state index contributed by atoms with van der Waals surface area (Å²) in [4.78, 5) is 0. The van der Waals surface area contributed by atoms with Gasteiger partial charge in [0.1, 0.15) is 6.10 Å². The minimum Gasteiger partial charge on any atom is -0.388 e. The average molecular weight is 593 g/mol. The van der Waals surface area contributed by atoms with Gasteiger partial charge in [-0.3, -0.25) is 0 Å². The molecule has 0 aliphatic heterocycles. The number of unbranched alkanes of at least 4 members (excludes halogenated alkanes) is 24. The van der Waals surface area contributed by atoms with Crippen LogP contribution in [0.1, 0.15) is 194 Å². The molecule has 0 aromatic carbocycles. The highest BCUT2D eigenvalue weighted by Crippen LogP contribution is 2.12. The maximum Gasteiger partial charge on any atom is 0.101 e. The van der Waals surface area contributed by atoms with E-state index in [-0.39, 0.29) is 0 Å². The Bertz CT molecular complexity index is 484. The Morgan fingerprint density at radius 2 is 0.643 bits per heavy atom. The van der Waals surface area contributed by atoms with Gasteiger partial charge in [-0.15, -0.1) is 0 Å². The lowest BCUT2D eigenvalue weighted by molar-refractivity contribution is -0.0201. The highest BCUT2D eigenvalue weighted by molar-refractivity contribution is 4.82. The van der Waals surface area contributed by atoms with Crippen molar-refractivity contribution in [3.05, 3.63) is 24.3 Å². The van der Waals surface area contributed by atoms with Crippen molar-refractivity contribution in [3.63, 3.8) is 0 Å². The third-order valence-corrected chi connectivity index (χ3v) is 8.22. The molecule has 0 fully saturated rings. The van der Waals surface area contributed by atoms with Crippen LogP contribution < -0.4 is 0 Å². The monoisotopic (exact) mass is 593 g/mol. The smallest absolute Gasteiger partial charge is 0.101 e. The summed E-state index contributed by atoms with van der Waals surface area (Å²) in [6, 6.07) is 0. The minimum absolute atomic E-state index is 0.401. The van der Waals surface area contributed by atoms with Crippen molar-refractivity contribution in [2.24, 2.45) is 0 Å². The van der Waals surface area contributed by atoms with Crippen LogP contribution in [-0.4, -0.2) is 37.6 Å². The van der Waals surface area contributed by atoms with E-state index in [0.717, 1.165) is 26.1 Å². The quantitative estimate of drug-likeness (QED) is 0.0581. The van der Waals surface area contributed by atoms with Crippen LogP contribution in [-0.2, 0) is 9.47 Å².